The number of ether oxygens (including phenoxy) is 1. The van der Waals surface area contributed by atoms with E-state index in [-0.39, 0.29) is 60.1 Å². The van der Waals surface area contributed by atoms with Crippen LogP contribution in [0.3, 0.4) is 0 Å². The van der Waals surface area contributed by atoms with Gasteiger partial charge < -0.3 is 14.7 Å². The number of aliphatic carboxylic acids is 1. The molecule has 1 aliphatic heterocycles. The van der Waals surface area contributed by atoms with Crippen molar-refractivity contribution in [2.45, 2.75) is 97.3 Å². The van der Waals surface area contributed by atoms with Crippen molar-refractivity contribution < 1.29 is 62.9 Å². The summed E-state index contributed by atoms with van der Waals surface area (Å²) in [5, 5.41) is 9.92. The zero-order chi connectivity index (χ0) is 28.4. The van der Waals surface area contributed by atoms with Crippen LogP contribution < -0.4 is 29.6 Å². The van der Waals surface area contributed by atoms with Crippen molar-refractivity contribution >= 4 is 25.2 Å². The Morgan fingerprint density at radius 3 is 2.33 bits per heavy atom. The minimum Gasteiger partial charge on any atom is -0.480 e. The number of amides is 1. The summed E-state index contributed by atoms with van der Waals surface area (Å²) in [5.74, 6) is -1.61. The third-order valence-electron chi connectivity index (χ3n) is 8.07. The summed E-state index contributed by atoms with van der Waals surface area (Å²) in [6, 6.07) is 9.10. The van der Waals surface area contributed by atoms with E-state index >= 15 is 0 Å². The number of likely N-dealkylation sites (tertiary alicyclic amines) is 1. The summed E-state index contributed by atoms with van der Waals surface area (Å²) < 4.78 is 25.7. The topological polar surface area (TPSA) is 110 Å². The first-order valence-corrected chi connectivity index (χ1v) is 16.6. The number of unbranched alkanes of at least 4 members (excludes halogenated alkanes) is 1. The SMILES string of the molecule is CCC(=O)OC(O[P@](=O)(CCCCc1ccccc1)CC(=O)N1C[C@H](C2CCCCC2)C[C@H]1C(=O)O)C(C)C.[Na+]. The first-order chi connectivity index (χ1) is 18.6. The quantitative estimate of drug-likeness (QED) is 0.117. The standard InChI is InChI=1S/C30H46NO7P.Na/c1-4-28(33)37-30(22(2)3)38-39(36,18-12-11-15-23-13-7-5-8-14-23)21-27(32)31-20-25(19-26(31)29(34)35)24-16-9-6-10-17-24;/h5,7-8,13-14,22,24-26,30H,4,6,9-12,15-21H2,1-3H3,(H,34,35);/q;+1/t25-,26+,30?,39-;/m1./s1. The van der Waals surface area contributed by atoms with Gasteiger partial charge in [-0.1, -0.05) is 83.2 Å². The number of hydrogen-bond donors (Lipinski definition) is 1. The molecule has 0 spiro atoms. The molecule has 4 atom stereocenters. The van der Waals surface area contributed by atoms with E-state index in [1.54, 1.807) is 6.92 Å². The summed E-state index contributed by atoms with van der Waals surface area (Å²) in [7, 11) is -3.60. The van der Waals surface area contributed by atoms with Crippen molar-refractivity contribution in [1.29, 1.82) is 0 Å². The molecule has 8 nitrogen and oxygen atoms in total. The molecule has 1 amide bonds. The number of carboxylic acid groups (broad SMARTS) is 1. The molecule has 2 aliphatic rings. The molecule has 1 aliphatic carbocycles. The van der Waals surface area contributed by atoms with Gasteiger partial charge in [0.25, 0.3) is 0 Å². The van der Waals surface area contributed by atoms with Crippen LogP contribution in [0.1, 0.15) is 84.1 Å². The van der Waals surface area contributed by atoms with Gasteiger partial charge in [0.05, 0.1) is 0 Å². The van der Waals surface area contributed by atoms with Crippen LogP contribution in [0.5, 0.6) is 0 Å². The van der Waals surface area contributed by atoms with Gasteiger partial charge in [-0.15, -0.1) is 0 Å². The molecule has 0 aromatic heterocycles. The van der Waals surface area contributed by atoms with Crippen LogP contribution in [0.15, 0.2) is 30.3 Å². The van der Waals surface area contributed by atoms with Crippen LogP contribution in [0.4, 0.5) is 0 Å². The Bertz CT molecular complexity index is 999. The Morgan fingerprint density at radius 2 is 1.73 bits per heavy atom. The largest absolute Gasteiger partial charge is 1.00 e. The predicted molar refractivity (Wildman–Crippen MR) is 151 cm³/mol. The summed E-state index contributed by atoms with van der Waals surface area (Å²) >= 11 is 0. The summed E-state index contributed by atoms with van der Waals surface area (Å²) in [5.41, 5.74) is 1.18. The number of carbonyl (C=O) groups is 3. The van der Waals surface area contributed by atoms with Crippen LogP contribution in [0.25, 0.3) is 0 Å². The van der Waals surface area contributed by atoms with Crippen molar-refractivity contribution in [2.24, 2.45) is 17.8 Å². The van der Waals surface area contributed by atoms with Gasteiger partial charge in [-0.3, -0.25) is 18.7 Å². The minimum atomic E-state index is -3.60. The van der Waals surface area contributed by atoms with Crippen molar-refractivity contribution in [3.8, 4) is 0 Å². The van der Waals surface area contributed by atoms with E-state index in [4.69, 9.17) is 9.26 Å². The third-order valence-corrected chi connectivity index (χ3v) is 10.4. The fraction of sp³-hybridized carbons (Fsp3) is 0.700. The van der Waals surface area contributed by atoms with E-state index in [0.29, 0.717) is 25.3 Å². The number of rotatable bonds is 14. The third kappa shape index (κ3) is 10.6. The van der Waals surface area contributed by atoms with E-state index in [2.05, 4.69) is 0 Å². The Hall–Kier alpha value is -1.18. The molecule has 1 N–H and O–H groups in total. The van der Waals surface area contributed by atoms with E-state index in [1.165, 1.54) is 16.9 Å². The second-order valence-electron chi connectivity index (χ2n) is 11.5. The van der Waals surface area contributed by atoms with E-state index in [0.717, 1.165) is 38.5 Å². The molecule has 0 radical (unpaired) electrons. The predicted octanol–water partition coefficient (Wildman–Crippen LogP) is 3.13. The van der Waals surface area contributed by atoms with Crippen LogP contribution in [0, 0.1) is 17.8 Å². The van der Waals surface area contributed by atoms with Crippen molar-refractivity contribution in [3.63, 3.8) is 0 Å². The smallest absolute Gasteiger partial charge is 0.480 e. The average molecular weight is 587 g/mol. The van der Waals surface area contributed by atoms with Crippen LogP contribution >= 0.6 is 7.37 Å². The number of benzene rings is 1. The fourth-order valence-corrected chi connectivity index (χ4v) is 8.10. The maximum Gasteiger partial charge on any atom is 1.00 e. The zero-order valence-electron chi connectivity index (χ0n) is 24.8. The van der Waals surface area contributed by atoms with Crippen molar-refractivity contribution in [1.82, 2.24) is 4.90 Å². The first-order valence-electron chi connectivity index (χ1n) is 14.6. The van der Waals surface area contributed by atoms with Gasteiger partial charge in [-0.2, -0.15) is 0 Å². The molecule has 1 heterocycles. The molecule has 3 rings (SSSR count). The molecule has 218 valence electrons. The maximum absolute atomic E-state index is 14.2. The van der Waals surface area contributed by atoms with Gasteiger partial charge in [0.2, 0.25) is 19.6 Å². The first kappa shape index (κ1) is 35.0. The second-order valence-corrected chi connectivity index (χ2v) is 14.1. The Labute approximate surface area is 261 Å². The van der Waals surface area contributed by atoms with Crippen LogP contribution in [-0.2, 0) is 34.6 Å². The number of esters is 1. The second kappa shape index (κ2) is 17.1. The average Bonchev–Trinajstić information content (AvgIpc) is 3.38. The minimum absolute atomic E-state index is 0. The van der Waals surface area contributed by atoms with Gasteiger partial charge in [-0.25, -0.2) is 4.79 Å². The van der Waals surface area contributed by atoms with Gasteiger partial charge in [-0.05, 0) is 43.1 Å². The van der Waals surface area contributed by atoms with Gasteiger partial charge >= 0.3 is 41.5 Å². The Balaban J connectivity index is 0.00000560. The van der Waals surface area contributed by atoms with Gasteiger partial charge in [0, 0.05) is 25.0 Å². The molecule has 2 fully saturated rings. The molecule has 1 saturated carbocycles. The molecule has 40 heavy (non-hydrogen) atoms. The fourth-order valence-electron chi connectivity index (χ4n) is 5.80. The molecule has 0 bridgehead atoms. The van der Waals surface area contributed by atoms with E-state index < -0.39 is 37.5 Å². The summed E-state index contributed by atoms with van der Waals surface area (Å²) in [6.45, 7) is 5.68. The van der Waals surface area contributed by atoms with Gasteiger partial charge in [0.1, 0.15) is 12.2 Å². The molecule has 1 unspecified atom stereocenters. The summed E-state index contributed by atoms with van der Waals surface area (Å²) in [6.07, 6.45) is 7.12. The molecular weight excluding hydrogens is 540 g/mol. The number of aryl methyl sites for hydroxylation is 1. The number of carbonyl (C=O) groups excluding carboxylic acids is 2. The maximum atomic E-state index is 14.2. The van der Waals surface area contributed by atoms with Crippen LogP contribution in [-0.4, -0.2) is 59.1 Å². The molecular formula is C30H46NNaO7P+. The van der Waals surface area contributed by atoms with Crippen molar-refractivity contribution in [3.05, 3.63) is 35.9 Å². The monoisotopic (exact) mass is 586 g/mol. The Kier molecular flexibility index (Phi) is 14.9. The number of carboxylic acids is 1. The van der Waals surface area contributed by atoms with E-state index in [9.17, 15) is 24.1 Å². The van der Waals surface area contributed by atoms with E-state index in [1.807, 2.05) is 44.2 Å². The van der Waals surface area contributed by atoms with Crippen molar-refractivity contribution in [2.75, 3.05) is 18.9 Å². The molecule has 10 heteroatoms. The normalized spacial score (nSPS) is 21.9. The Morgan fingerprint density at radius 1 is 1.05 bits per heavy atom. The summed E-state index contributed by atoms with van der Waals surface area (Å²) in [4.78, 5) is 39.2. The van der Waals surface area contributed by atoms with Crippen LogP contribution in [0.2, 0.25) is 0 Å². The number of hydrogen-bond acceptors (Lipinski definition) is 6. The van der Waals surface area contributed by atoms with Gasteiger partial charge in [0.15, 0.2) is 0 Å². The zero-order valence-corrected chi connectivity index (χ0v) is 27.7. The molecule has 1 saturated heterocycles. The molecule has 1 aromatic rings. The number of nitrogens with zero attached hydrogens (tertiary/aromatic N) is 1. The molecule has 1 aromatic carbocycles.